The number of unbranched alkanes of at least 4 members (excludes halogenated alkanes) is 3. The van der Waals surface area contributed by atoms with Crippen molar-refractivity contribution in [1.82, 2.24) is 4.90 Å². The van der Waals surface area contributed by atoms with Crippen LogP contribution in [-0.2, 0) is 11.2 Å². The third-order valence-corrected chi connectivity index (χ3v) is 11.7. The molecule has 3 aliphatic carbocycles. The summed E-state index contributed by atoms with van der Waals surface area (Å²) in [5, 5.41) is 22.6. The number of carbonyl (C=O) groups is 1. The number of halogens is 1. The summed E-state index contributed by atoms with van der Waals surface area (Å²) < 4.78 is 0. The van der Waals surface area contributed by atoms with Crippen LogP contribution in [0, 0.1) is 29.1 Å². The Morgan fingerprint density at radius 3 is 2.76 bits per heavy atom. The minimum Gasteiger partial charge on any atom is -0.508 e. The van der Waals surface area contributed by atoms with Crippen molar-refractivity contribution in [2.24, 2.45) is 29.1 Å². The molecular weight excluding hydrogens is 538 g/mol. The standard InChI is InChI=1S/C33H52BrNO3/c1-4-5-19-35(3)31(37)10-8-6-7-9-23(22-34)11-12-25-21-30-29-15-13-24-20-26(36)14-16-27(24)28(29)17-18-33(30,2)32(25)38/h14,16,20,23,25,28-30,32,36,38H,4-13,15,17-19,21-22H2,1-3H3/t23?,25-,28-,29-,30+,32+,33+/m1/s1. The number of fused-ring (bicyclic) bond motifs is 5. The monoisotopic (exact) mass is 589 g/mol. The van der Waals surface area contributed by atoms with Gasteiger partial charge in [0.05, 0.1) is 6.10 Å². The minimum absolute atomic E-state index is 0.0565. The van der Waals surface area contributed by atoms with Gasteiger partial charge in [0.25, 0.3) is 0 Å². The Labute approximate surface area is 240 Å². The Morgan fingerprint density at radius 2 is 2.00 bits per heavy atom. The van der Waals surface area contributed by atoms with Gasteiger partial charge in [-0.25, -0.2) is 0 Å². The molecule has 0 bridgehead atoms. The molecule has 4 rings (SSSR count). The molecule has 0 heterocycles. The van der Waals surface area contributed by atoms with Gasteiger partial charge < -0.3 is 15.1 Å². The fourth-order valence-corrected chi connectivity index (χ4v) is 8.99. The van der Waals surface area contributed by atoms with E-state index in [1.54, 1.807) is 0 Å². The van der Waals surface area contributed by atoms with Gasteiger partial charge >= 0.3 is 0 Å². The predicted molar refractivity (Wildman–Crippen MR) is 160 cm³/mol. The minimum atomic E-state index is -0.179. The van der Waals surface area contributed by atoms with Crippen LogP contribution in [0.5, 0.6) is 5.75 Å². The van der Waals surface area contributed by atoms with Crippen molar-refractivity contribution in [3.05, 3.63) is 29.3 Å². The van der Waals surface area contributed by atoms with E-state index in [4.69, 9.17) is 0 Å². The van der Waals surface area contributed by atoms with Crippen molar-refractivity contribution in [3.8, 4) is 5.75 Å². The highest BCUT2D eigenvalue weighted by Crippen LogP contribution is 2.63. The Morgan fingerprint density at radius 1 is 1.18 bits per heavy atom. The zero-order valence-corrected chi connectivity index (χ0v) is 25.7. The maximum Gasteiger partial charge on any atom is 0.222 e. The van der Waals surface area contributed by atoms with Gasteiger partial charge in [-0.1, -0.05) is 55.1 Å². The molecule has 38 heavy (non-hydrogen) atoms. The first-order chi connectivity index (χ1) is 18.3. The molecule has 3 aliphatic rings. The lowest BCUT2D eigenvalue weighted by Crippen LogP contribution is -2.44. The van der Waals surface area contributed by atoms with E-state index in [1.165, 1.54) is 49.7 Å². The molecule has 7 atom stereocenters. The van der Waals surface area contributed by atoms with Crippen LogP contribution in [0.25, 0.3) is 0 Å². The number of nitrogens with zero attached hydrogens (tertiary/aromatic N) is 1. The number of benzene rings is 1. The number of phenols is 1. The van der Waals surface area contributed by atoms with Gasteiger partial charge in [0, 0.05) is 25.3 Å². The summed E-state index contributed by atoms with van der Waals surface area (Å²) in [7, 11) is 1.94. The largest absolute Gasteiger partial charge is 0.508 e. The van der Waals surface area contributed by atoms with Crippen LogP contribution in [0.2, 0.25) is 0 Å². The van der Waals surface area contributed by atoms with Crippen LogP contribution in [0.4, 0.5) is 0 Å². The number of rotatable bonds is 13. The van der Waals surface area contributed by atoms with E-state index >= 15 is 0 Å². The molecule has 5 heteroatoms. The molecule has 1 aromatic carbocycles. The third kappa shape index (κ3) is 6.62. The lowest BCUT2D eigenvalue weighted by molar-refractivity contribution is -0.130. The SMILES string of the molecule is CCCCN(C)C(=O)CCCCCC(CBr)CC[C@@H]1C[C@H]2[C@@H]3CCc4cc(O)ccc4[C@H]3CC[C@]2(C)[C@H]1O. The van der Waals surface area contributed by atoms with Crippen LogP contribution in [0.1, 0.15) is 114 Å². The molecular formula is C33H52BrNO3. The zero-order valence-electron chi connectivity index (χ0n) is 24.1. The molecule has 1 aromatic rings. The molecule has 4 nitrogen and oxygen atoms in total. The molecule has 0 spiro atoms. The lowest BCUT2D eigenvalue weighted by atomic mass is 9.55. The summed E-state index contributed by atoms with van der Waals surface area (Å²) in [6.07, 6.45) is 15.3. The summed E-state index contributed by atoms with van der Waals surface area (Å²) in [5.74, 6) is 3.63. The predicted octanol–water partition coefficient (Wildman–Crippen LogP) is 7.84. The number of aryl methyl sites for hydroxylation is 1. The van der Waals surface area contributed by atoms with E-state index in [9.17, 15) is 15.0 Å². The highest BCUT2D eigenvalue weighted by molar-refractivity contribution is 9.09. The molecule has 2 N–H and O–H groups in total. The number of alkyl halides is 1. The Bertz CT molecular complexity index is 922. The molecule has 0 radical (unpaired) electrons. The first kappa shape index (κ1) is 29.9. The number of aliphatic hydroxyl groups excluding tert-OH is 1. The van der Waals surface area contributed by atoms with E-state index in [2.05, 4.69) is 35.8 Å². The van der Waals surface area contributed by atoms with Gasteiger partial charge in [-0.15, -0.1) is 0 Å². The van der Waals surface area contributed by atoms with Crippen LogP contribution >= 0.6 is 15.9 Å². The van der Waals surface area contributed by atoms with Gasteiger partial charge in [0.15, 0.2) is 0 Å². The number of hydrogen-bond donors (Lipinski definition) is 2. The van der Waals surface area contributed by atoms with Crippen LogP contribution in [0.3, 0.4) is 0 Å². The zero-order chi connectivity index (χ0) is 27.3. The topological polar surface area (TPSA) is 60.8 Å². The molecule has 0 aromatic heterocycles. The maximum atomic E-state index is 12.3. The fraction of sp³-hybridized carbons (Fsp3) is 0.788. The van der Waals surface area contributed by atoms with E-state index in [-0.39, 0.29) is 11.5 Å². The number of phenolic OH excluding ortho intramolecular Hbond substituents is 1. The normalized spacial score (nSPS) is 30.8. The summed E-state index contributed by atoms with van der Waals surface area (Å²) in [5.41, 5.74) is 2.87. The summed E-state index contributed by atoms with van der Waals surface area (Å²) >= 11 is 3.77. The summed E-state index contributed by atoms with van der Waals surface area (Å²) in [4.78, 5) is 14.2. The van der Waals surface area contributed by atoms with Crippen molar-refractivity contribution in [2.75, 3.05) is 18.9 Å². The van der Waals surface area contributed by atoms with Crippen LogP contribution in [-0.4, -0.2) is 46.0 Å². The van der Waals surface area contributed by atoms with Crippen molar-refractivity contribution < 1.29 is 15.0 Å². The van der Waals surface area contributed by atoms with E-state index in [1.807, 2.05) is 24.1 Å². The molecule has 2 saturated carbocycles. The number of aliphatic hydroxyl groups is 1. The van der Waals surface area contributed by atoms with Crippen molar-refractivity contribution in [3.63, 3.8) is 0 Å². The van der Waals surface area contributed by atoms with Crippen LogP contribution < -0.4 is 0 Å². The number of amides is 1. The quantitative estimate of drug-likeness (QED) is 0.182. The van der Waals surface area contributed by atoms with Crippen molar-refractivity contribution >= 4 is 21.8 Å². The summed E-state index contributed by atoms with van der Waals surface area (Å²) in [6.45, 7) is 5.43. The second-order valence-electron chi connectivity index (χ2n) is 13.1. The molecule has 1 amide bonds. The Kier molecular flexibility index (Phi) is 10.6. The summed E-state index contributed by atoms with van der Waals surface area (Å²) in [6, 6.07) is 6.02. The van der Waals surface area contributed by atoms with E-state index < -0.39 is 0 Å². The van der Waals surface area contributed by atoms with Gasteiger partial charge in [-0.2, -0.15) is 0 Å². The molecule has 1 unspecified atom stereocenters. The fourth-order valence-electron chi connectivity index (χ4n) is 8.34. The molecule has 2 fully saturated rings. The highest BCUT2D eigenvalue weighted by Gasteiger charge is 2.57. The number of carbonyl (C=O) groups excluding carboxylic acids is 1. The number of hydrogen-bond acceptors (Lipinski definition) is 3. The van der Waals surface area contributed by atoms with Gasteiger partial charge in [0.1, 0.15) is 5.75 Å². The molecule has 0 saturated heterocycles. The average molecular weight is 591 g/mol. The highest BCUT2D eigenvalue weighted by atomic mass is 79.9. The van der Waals surface area contributed by atoms with Gasteiger partial charge in [-0.05, 0) is 122 Å². The molecule has 0 aliphatic heterocycles. The Hall–Kier alpha value is -1.07. The van der Waals surface area contributed by atoms with E-state index in [0.717, 1.165) is 56.8 Å². The van der Waals surface area contributed by atoms with Crippen molar-refractivity contribution in [1.29, 1.82) is 0 Å². The Balaban J connectivity index is 1.23. The first-order valence-corrected chi connectivity index (χ1v) is 16.7. The first-order valence-electron chi connectivity index (χ1n) is 15.6. The molecule has 214 valence electrons. The van der Waals surface area contributed by atoms with Crippen molar-refractivity contribution in [2.45, 2.75) is 116 Å². The van der Waals surface area contributed by atoms with Gasteiger partial charge in [0.2, 0.25) is 5.91 Å². The average Bonchev–Trinajstić information content (AvgIpc) is 3.18. The third-order valence-electron chi connectivity index (χ3n) is 10.8. The second-order valence-corrected chi connectivity index (χ2v) is 13.8. The lowest BCUT2D eigenvalue weighted by Gasteiger charge is -2.50. The maximum absolute atomic E-state index is 12.3. The van der Waals surface area contributed by atoms with Crippen LogP contribution in [0.15, 0.2) is 18.2 Å². The second kappa shape index (κ2) is 13.5. The van der Waals surface area contributed by atoms with E-state index in [0.29, 0.717) is 47.7 Å². The number of aromatic hydroxyl groups is 1. The van der Waals surface area contributed by atoms with Gasteiger partial charge in [-0.3, -0.25) is 4.79 Å². The smallest absolute Gasteiger partial charge is 0.222 e.